The lowest BCUT2D eigenvalue weighted by atomic mass is 9.84. The molecule has 1 saturated carbocycles. The fourth-order valence-corrected chi connectivity index (χ4v) is 6.70. The van der Waals surface area contributed by atoms with Crippen molar-refractivity contribution in [2.24, 2.45) is 5.73 Å². The Morgan fingerprint density at radius 1 is 0.865 bits per heavy atom. The molecule has 290 valence electrons. The van der Waals surface area contributed by atoms with Gasteiger partial charge in [0.2, 0.25) is 5.91 Å². The fourth-order valence-electron chi connectivity index (χ4n) is 5.80. The number of nitrogens with two attached hydrogens (primary N) is 1. The number of amides is 1. The third kappa shape index (κ3) is 14.8. The largest absolute Gasteiger partial charge is 0.506 e. The zero-order chi connectivity index (χ0) is 39.3. The molecule has 1 aromatic heterocycles. The molecule has 1 amide bonds. The molecule has 0 radical (unpaired) electrons. The van der Waals surface area contributed by atoms with Crippen molar-refractivity contribution in [3.63, 3.8) is 0 Å². The normalized spacial score (nSPS) is 14.0. The molecule has 0 aliphatic heterocycles. The summed E-state index contributed by atoms with van der Waals surface area (Å²) < 4.78 is 64.3. The van der Waals surface area contributed by atoms with E-state index in [9.17, 15) is 41.0 Å². The van der Waals surface area contributed by atoms with Gasteiger partial charge >= 0.3 is 29.2 Å². The van der Waals surface area contributed by atoms with Gasteiger partial charge in [-0.2, -0.15) is 26.3 Å². The molecule has 4 rings (SSSR count). The third-order valence-electron chi connectivity index (χ3n) is 8.44. The Kier molecular flexibility index (Phi) is 16.6. The second-order valence-electron chi connectivity index (χ2n) is 12.9. The van der Waals surface area contributed by atoms with Gasteiger partial charge < -0.3 is 30.9 Å². The van der Waals surface area contributed by atoms with Gasteiger partial charge in [-0.15, -0.1) is 0 Å². The molecule has 52 heavy (non-hydrogen) atoms. The number of carbonyl (C=O) groups is 3. The first-order chi connectivity index (χ1) is 24.1. The summed E-state index contributed by atoms with van der Waals surface area (Å²) in [5.74, 6) is -5.66. The molecule has 0 unspecified atom stereocenters. The quantitative estimate of drug-likeness (QED) is 0.133. The zero-order valence-corrected chi connectivity index (χ0v) is 29.5. The van der Waals surface area contributed by atoms with E-state index in [0.717, 1.165) is 42.9 Å². The van der Waals surface area contributed by atoms with Crippen LogP contribution < -0.4 is 10.6 Å². The van der Waals surface area contributed by atoms with Crippen molar-refractivity contribution < 1.29 is 56.0 Å². The van der Waals surface area contributed by atoms with Crippen LogP contribution in [-0.4, -0.2) is 99.1 Å². The summed E-state index contributed by atoms with van der Waals surface area (Å²) in [5.41, 5.74) is 8.41. The summed E-state index contributed by atoms with van der Waals surface area (Å²) >= 11 is 1.17. The summed E-state index contributed by atoms with van der Waals surface area (Å²) in [6, 6.07) is 14.7. The highest BCUT2D eigenvalue weighted by Gasteiger charge is 2.39. The Morgan fingerprint density at radius 3 is 1.94 bits per heavy atom. The second-order valence-corrected chi connectivity index (χ2v) is 13.9. The molecule has 11 nitrogen and oxygen atoms in total. The zero-order valence-electron chi connectivity index (χ0n) is 28.7. The van der Waals surface area contributed by atoms with Gasteiger partial charge in [0, 0.05) is 50.6 Å². The predicted molar refractivity (Wildman–Crippen MR) is 183 cm³/mol. The number of halogens is 6. The number of aromatic amines is 1. The minimum Gasteiger partial charge on any atom is -0.506 e. The maximum absolute atomic E-state index is 12.0. The van der Waals surface area contributed by atoms with Crippen LogP contribution in [0.1, 0.15) is 63.5 Å². The van der Waals surface area contributed by atoms with Crippen LogP contribution in [0.4, 0.5) is 26.3 Å². The number of aliphatic carboxylic acids is 2. The molecule has 0 saturated heterocycles. The Balaban J connectivity index is 0.000000564. The van der Waals surface area contributed by atoms with Gasteiger partial charge in [-0.25, -0.2) is 9.59 Å². The van der Waals surface area contributed by atoms with Crippen LogP contribution in [0.5, 0.6) is 5.75 Å². The minimum absolute atomic E-state index is 0.0576. The van der Waals surface area contributed by atoms with Gasteiger partial charge in [0.25, 0.3) is 0 Å². The van der Waals surface area contributed by atoms with E-state index in [0.29, 0.717) is 24.5 Å². The number of nitrogens with zero attached hydrogens (tertiary/aromatic N) is 2. The first-order valence-corrected chi connectivity index (χ1v) is 17.2. The Labute approximate surface area is 300 Å². The maximum atomic E-state index is 12.0. The smallest absolute Gasteiger partial charge is 0.490 e. The van der Waals surface area contributed by atoms with Crippen molar-refractivity contribution in [3.8, 4) is 5.75 Å². The van der Waals surface area contributed by atoms with Crippen LogP contribution in [0.3, 0.4) is 0 Å². The van der Waals surface area contributed by atoms with Crippen molar-refractivity contribution >= 4 is 39.4 Å². The number of rotatable bonds is 13. The summed E-state index contributed by atoms with van der Waals surface area (Å²) in [7, 11) is 0. The van der Waals surface area contributed by atoms with E-state index in [1.165, 1.54) is 49.0 Å². The van der Waals surface area contributed by atoms with Crippen LogP contribution >= 0.6 is 11.3 Å². The number of primary amides is 1. The molecule has 0 bridgehead atoms. The molecular formula is C34H44F6N4O7S. The van der Waals surface area contributed by atoms with Gasteiger partial charge in [0.1, 0.15) is 11.3 Å². The lowest BCUT2D eigenvalue weighted by Crippen LogP contribution is -2.46. The number of benzene rings is 2. The van der Waals surface area contributed by atoms with Crippen LogP contribution in [-0.2, 0) is 26.2 Å². The lowest BCUT2D eigenvalue weighted by molar-refractivity contribution is -0.193. The Hall–Kier alpha value is -4.16. The lowest BCUT2D eigenvalue weighted by Gasteiger charge is -2.38. The van der Waals surface area contributed by atoms with Gasteiger partial charge in [-0.3, -0.25) is 14.5 Å². The number of aromatic nitrogens is 1. The highest BCUT2D eigenvalue weighted by Crippen LogP contribution is 2.30. The maximum Gasteiger partial charge on any atom is 0.490 e. The Morgan fingerprint density at radius 2 is 1.42 bits per heavy atom. The third-order valence-corrected chi connectivity index (χ3v) is 9.39. The summed E-state index contributed by atoms with van der Waals surface area (Å²) in [5, 5.41) is 24.4. The SMILES string of the molecule is CC(C)(CN(CCC(N)=O)CCN(CCc1ccc(O)c2[nH]c(=O)sc12)C1CCCCC1)c1ccccc1.O=C(O)C(F)(F)F.O=C(O)C(F)(F)F. The number of fused-ring (bicyclic) bond motifs is 1. The molecule has 3 aromatic rings. The van der Waals surface area contributed by atoms with E-state index in [1.54, 1.807) is 6.07 Å². The highest BCUT2D eigenvalue weighted by atomic mass is 32.1. The monoisotopic (exact) mass is 766 g/mol. The highest BCUT2D eigenvalue weighted by molar-refractivity contribution is 7.16. The fraction of sp³-hybridized carbons (Fsp3) is 0.529. The van der Waals surface area contributed by atoms with E-state index < -0.39 is 24.3 Å². The molecule has 1 heterocycles. The summed E-state index contributed by atoms with van der Waals surface area (Å²) in [6.45, 7) is 8.69. The van der Waals surface area contributed by atoms with E-state index in [4.69, 9.17) is 25.5 Å². The second kappa shape index (κ2) is 19.6. The number of alkyl halides is 6. The molecule has 6 N–H and O–H groups in total. The molecule has 1 fully saturated rings. The van der Waals surface area contributed by atoms with Gasteiger partial charge in [-0.05, 0) is 36.5 Å². The molecular weight excluding hydrogens is 722 g/mol. The summed E-state index contributed by atoms with van der Waals surface area (Å²) in [6.07, 6.45) is -2.76. The van der Waals surface area contributed by atoms with Gasteiger partial charge in [0.15, 0.2) is 0 Å². The predicted octanol–water partition coefficient (Wildman–Crippen LogP) is 5.89. The minimum atomic E-state index is -5.08. The van der Waals surface area contributed by atoms with Crippen LogP contribution in [0.15, 0.2) is 47.3 Å². The first kappa shape index (κ1) is 44.0. The molecule has 2 aromatic carbocycles. The van der Waals surface area contributed by atoms with Gasteiger partial charge in [-0.1, -0.05) is 80.8 Å². The number of thiazole rings is 1. The van der Waals surface area contributed by atoms with Crippen molar-refractivity contribution in [1.29, 1.82) is 0 Å². The van der Waals surface area contributed by atoms with E-state index in [1.807, 2.05) is 12.1 Å². The number of H-pyrrole nitrogens is 1. The summed E-state index contributed by atoms with van der Waals surface area (Å²) in [4.78, 5) is 49.1. The van der Waals surface area contributed by atoms with Crippen molar-refractivity contribution in [3.05, 3.63) is 63.3 Å². The number of nitrogens with one attached hydrogen (secondary N) is 1. The Bertz CT molecular complexity index is 1630. The van der Waals surface area contributed by atoms with Crippen LogP contribution in [0, 0.1) is 0 Å². The first-order valence-electron chi connectivity index (χ1n) is 16.4. The number of carbonyl (C=O) groups excluding carboxylic acids is 1. The van der Waals surface area contributed by atoms with Gasteiger partial charge in [0.05, 0.1) is 4.70 Å². The number of aromatic hydroxyl groups is 1. The number of hydrogen-bond acceptors (Lipinski definition) is 8. The van der Waals surface area contributed by atoms with Crippen molar-refractivity contribution in [1.82, 2.24) is 14.8 Å². The van der Waals surface area contributed by atoms with Crippen molar-refractivity contribution in [2.75, 3.05) is 32.7 Å². The number of carboxylic acids is 2. The number of phenols is 1. The number of hydrogen-bond donors (Lipinski definition) is 5. The standard InChI is InChI=1S/C30H42N4O3S.2C2HF3O2/c1-30(2,23-9-5-3-6-10-23)21-33(17-16-26(31)36)19-20-34(24-11-7-4-8-12-24)18-15-22-13-14-25(35)27-28(22)38-29(37)32-27;2*3-2(4,5)1(6)7/h3,5-6,9-10,13-14,24,35H,4,7-8,11-12,15-21H2,1-2H3,(H2,31,36)(H,32,37);2*(H,6,7). The number of carboxylic acid groups (broad SMARTS) is 2. The molecule has 1 aliphatic carbocycles. The van der Waals surface area contributed by atoms with E-state index >= 15 is 0 Å². The van der Waals surface area contributed by atoms with Crippen LogP contribution in [0.25, 0.3) is 10.2 Å². The van der Waals surface area contributed by atoms with E-state index in [-0.39, 0.29) is 21.9 Å². The van der Waals surface area contributed by atoms with Crippen molar-refractivity contribution in [2.45, 2.75) is 82.6 Å². The molecule has 0 atom stereocenters. The molecule has 0 spiro atoms. The topological polar surface area (TPSA) is 177 Å². The van der Waals surface area contributed by atoms with E-state index in [2.05, 4.69) is 52.9 Å². The average molecular weight is 767 g/mol. The number of phenolic OH excluding ortho intramolecular Hbond substituents is 1. The molecule has 18 heteroatoms. The molecule has 1 aliphatic rings. The van der Waals surface area contributed by atoms with Crippen LogP contribution in [0.2, 0.25) is 0 Å². The average Bonchev–Trinajstić information content (AvgIpc) is 3.47.